The second-order valence-electron chi connectivity index (χ2n) is 6.71. The highest BCUT2D eigenvalue weighted by Crippen LogP contribution is 2.35. The van der Waals surface area contributed by atoms with Crippen LogP contribution in [0.15, 0.2) is 30.3 Å². The van der Waals surface area contributed by atoms with Crippen molar-refractivity contribution in [3.8, 4) is 17.2 Å². The van der Waals surface area contributed by atoms with E-state index in [1.54, 1.807) is 24.3 Å². The minimum Gasteiger partial charge on any atom is -0.477 e. The Morgan fingerprint density at radius 1 is 1.24 bits per heavy atom. The normalized spacial score (nSPS) is 11.6. The summed E-state index contributed by atoms with van der Waals surface area (Å²) in [6, 6.07) is 9.07. The number of rotatable bonds is 8. The zero-order valence-corrected chi connectivity index (χ0v) is 17.4. The van der Waals surface area contributed by atoms with Gasteiger partial charge < -0.3 is 15.7 Å². The van der Waals surface area contributed by atoms with Crippen LogP contribution in [-0.4, -0.2) is 35.5 Å². The third kappa shape index (κ3) is 6.04. The van der Waals surface area contributed by atoms with Gasteiger partial charge in [0.15, 0.2) is 0 Å². The first-order chi connectivity index (χ1) is 13.7. The van der Waals surface area contributed by atoms with Crippen LogP contribution in [0.4, 0.5) is 0 Å². The Hall–Kier alpha value is -2.89. The molecule has 0 fully saturated rings. The summed E-state index contributed by atoms with van der Waals surface area (Å²) in [5.74, 6) is -1.71. The number of hydrogen-bond donors (Lipinski definition) is 3. The van der Waals surface area contributed by atoms with E-state index in [0.717, 1.165) is 11.3 Å². The van der Waals surface area contributed by atoms with Gasteiger partial charge in [-0.15, -0.1) is 11.3 Å². The van der Waals surface area contributed by atoms with Gasteiger partial charge >= 0.3 is 5.97 Å². The third-order valence-corrected chi connectivity index (χ3v) is 5.37. The summed E-state index contributed by atoms with van der Waals surface area (Å²) < 4.78 is 0.353. The van der Waals surface area contributed by atoms with Crippen molar-refractivity contribution in [2.75, 3.05) is 6.54 Å². The van der Waals surface area contributed by atoms with E-state index in [4.69, 9.17) is 22.0 Å². The molecule has 2 aromatic rings. The zero-order valence-electron chi connectivity index (χ0n) is 15.9. The molecule has 0 spiro atoms. The maximum absolute atomic E-state index is 12.6. The molecule has 0 saturated heterocycles. The van der Waals surface area contributed by atoms with E-state index in [1.165, 1.54) is 6.07 Å². The van der Waals surface area contributed by atoms with E-state index < -0.39 is 23.8 Å². The second-order valence-corrected chi connectivity index (χ2v) is 8.37. The van der Waals surface area contributed by atoms with Gasteiger partial charge in [0, 0.05) is 11.1 Å². The molecule has 29 heavy (non-hydrogen) atoms. The van der Waals surface area contributed by atoms with Crippen molar-refractivity contribution in [3.05, 3.63) is 45.1 Å². The Bertz CT molecular complexity index is 948. The van der Waals surface area contributed by atoms with Crippen LogP contribution in [0.3, 0.4) is 0 Å². The van der Waals surface area contributed by atoms with Gasteiger partial charge in [-0.05, 0) is 36.1 Å². The molecule has 2 amide bonds. The Balaban J connectivity index is 2.15. The molecule has 1 aromatic heterocycles. The van der Waals surface area contributed by atoms with Crippen LogP contribution in [-0.2, 0) is 4.79 Å². The summed E-state index contributed by atoms with van der Waals surface area (Å²) in [4.78, 5) is 36.0. The van der Waals surface area contributed by atoms with Crippen molar-refractivity contribution < 1.29 is 19.5 Å². The van der Waals surface area contributed by atoms with Gasteiger partial charge in [0.25, 0.3) is 5.91 Å². The number of amides is 2. The minimum atomic E-state index is -1.05. The standard InChI is InChI=1S/C20H20ClN3O4S/c1-11(2)9-15(19(26)23-8-7-22)24-18(25)13-5-3-12(4-6-13)14-10-16(20(27)28)29-17(14)21/h3-6,10-11,15H,8-9H2,1-2H3,(H,23,26)(H,24,25)(H,27,28)/t15-/m0/s1. The molecule has 0 aliphatic rings. The zero-order chi connectivity index (χ0) is 21.6. The fourth-order valence-corrected chi connectivity index (χ4v) is 3.82. The molecule has 9 heteroatoms. The molecule has 0 aliphatic carbocycles. The molecule has 3 N–H and O–H groups in total. The topological polar surface area (TPSA) is 119 Å². The lowest BCUT2D eigenvalue weighted by Crippen LogP contribution is -2.47. The van der Waals surface area contributed by atoms with Gasteiger partial charge in [-0.1, -0.05) is 37.6 Å². The van der Waals surface area contributed by atoms with E-state index in [2.05, 4.69) is 10.6 Å². The molecule has 2 rings (SSSR count). The Morgan fingerprint density at radius 2 is 1.90 bits per heavy atom. The van der Waals surface area contributed by atoms with E-state index in [0.29, 0.717) is 27.4 Å². The van der Waals surface area contributed by atoms with Crippen LogP contribution in [0, 0.1) is 17.2 Å². The molecule has 0 bridgehead atoms. The summed E-state index contributed by atoms with van der Waals surface area (Å²) in [5.41, 5.74) is 1.61. The van der Waals surface area contributed by atoms with Gasteiger partial charge in [-0.25, -0.2) is 4.79 Å². The van der Waals surface area contributed by atoms with Crippen molar-refractivity contribution in [1.29, 1.82) is 5.26 Å². The summed E-state index contributed by atoms with van der Waals surface area (Å²) >= 11 is 7.10. The molecule has 152 valence electrons. The fraction of sp³-hybridized carbons (Fsp3) is 0.300. The summed E-state index contributed by atoms with van der Waals surface area (Å²) in [5, 5.41) is 22.9. The fourth-order valence-electron chi connectivity index (χ4n) is 2.67. The number of halogens is 1. The van der Waals surface area contributed by atoms with Crippen molar-refractivity contribution in [3.63, 3.8) is 0 Å². The van der Waals surface area contributed by atoms with Gasteiger partial charge in [0.1, 0.15) is 21.8 Å². The van der Waals surface area contributed by atoms with Crippen molar-refractivity contribution in [1.82, 2.24) is 10.6 Å². The first kappa shape index (κ1) is 22.4. The monoisotopic (exact) mass is 433 g/mol. The number of thiophene rings is 1. The van der Waals surface area contributed by atoms with E-state index in [-0.39, 0.29) is 17.3 Å². The number of aromatic carboxylic acids is 1. The van der Waals surface area contributed by atoms with Crippen molar-refractivity contribution in [2.45, 2.75) is 26.3 Å². The molecule has 0 saturated carbocycles. The van der Waals surface area contributed by atoms with Gasteiger partial charge in [-0.2, -0.15) is 5.26 Å². The number of nitrogens with zero attached hydrogens (tertiary/aromatic N) is 1. The first-order valence-corrected chi connectivity index (χ1v) is 10.0. The minimum absolute atomic E-state index is 0.127. The molecule has 0 radical (unpaired) electrons. The number of carbonyl (C=O) groups is 3. The second kappa shape index (κ2) is 10.0. The highest BCUT2D eigenvalue weighted by Gasteiger charge is 2.22. The van der Waals surface area contributed by atoms with Gasteiger partial charge in [-0.3, -0.25) is 9.59 Å². The summed E-state index contributed by atoms with van der Waals surface area (Å²) in [7, 11) is 0. The number of carboxylic acid groups (broad SMARTS) is 1. The van der Waals surface area contributed by atoms with Crippen LogP contribution in [0.1, 0.15) is 40.3 Å². The number of nitriles is 1. The molecular weight excluding hydrogens is 414 g/mol. The van der Waals surface area contributed by atoms with Gasteiger partial charge in [0.2, 0.25) is 5.91 Å². The number of benzene rings is 1. The van der Waals surface area contributed by atoms with Crippen molar-refractivity contribution >= 4 is 40.7 Å². The SMILES string of the molecule is CC(C)C[C@H](NC(=O)c1ccc(-c2cc(C(=O)O)sc2Cl)cc1)C(=O)NCC#N. The summed E-state index contributed by atoms with van der Waals surface area (Å²) in [6.45, 7) is 3.74. The average molecular weight is 434 g/mol. The van der Waals surface area contributed by atoms with Gasteiger partial charge in [0.05, 0.1) is 6.07 Å². The lowest BCUT2D eigenvalue weighted by molar-refractivity contribution is -0.123. The molecule has 0 unspecified atom stereocenters. The van der Waals surface area contributed by atoms with E-state index in [9.17, 15) is 14.4 Å². The van der Waals surface area contributed by atoms with Crippen LogP contribution < -0.4 is 10.6 Å². The largest absolute Gasteiger partial charge is 0.477 e. The van der Waals surface area contributed by atoms with E-state index in [1.807, 2.05) is 19.9 Å². The maximum Gasteiger partial charge on any atom is 0.345 e. The predicted molar refractivity (Wildman–Crippen MR) is 111 cm³/mol. The number of hydrogen-bond acceptors (Lipinski definition) is 5. The lowest BCUT2D eigenvalue weighted by atomic mass is 10.0. The van der Waals surface area contributed by atoms with Crippen LogP contribution >= 0.6 is 22.9 Å². The number of carbonyl (C=O) groups excluding carboxylic acids is 2. The van der Waals surface area contributed by atoms with Crippen LogP contribution in [0.5, 0.6) is 0 Å². The maximum atomic E-state index is 12.6. The number of carboxylic acids is 1. The first-order valence-electron chi connectivity index (χ1n) is 8.81. The van der Waals surface area contributed by atoms with Crippen LogP contribution in [0.25, 0.3) is 11.1 Å². The average Bonchev–Trinajstić information content (AvgIpc) is 3.07. The Morgan fingerprint density at radius 3 is 2.41 bits per heavy atom. The molecule has 1 aromatic carbocycles. The molecule has 1 heterocycles. The number of nitrogens with one attached hydrogen (secondary N) is 2. The smallest absolute Gasteiger partial charge is 0.345 e. The molecule has 1 atom stereocenters. The lowest BCUT2D eigenvalue weighted by Gasteiger charge is -2.19. The highest BCUT2D eigenvalue weighted by molar-refractivity contribution is 7.18. The van der Waals surface area contributed by atoms with Crippen molar-refractivity contribution in [2.24, 2.45) is 5.92 Å². The van der Waals surface area contributed by atoms with Crippen LogP contribution in [0.2, 0.25) is 4.34 Å². The van der Waals surface area contributed by atoms with E-state index >= 15 is 0 Å². The Kier molecular flexibility index (Phi) is 7.76. The Labute approximate surface area is 177 Å². The molecule has 0 aliphatic heterocycles. The third-order valence-electron chi connectivity index (χ3n) is 4.03. The quantitative estimate of drug-likeness (QED) is 0.550. The highest BCUT2D eigenvalue weighted by atomic mass is 35.5. The summed E-state index contributed by atoms with van der Waals surface area (Å²) in [6.07, 6.45) is 0.434. The predicted octanol–water partition coefficient (Wildman–Crippen LogP) is 3.55. The molecular formula is C20H20ClN3O4S. The molecule has 7 nitrogen and oxygen atoms in total.